The molecule has 5 nitrogen and oxygen atoms in total. The average Bonchev–Trinajstić information content (AvgIpc) is 3.80. The predicted octanol–water partition coefficient (Wildman–Crippen LogP) is 8.30. The van der Waals surface area contributed by atoms with Gasteiger partial charge in [-0.2, -0.15) is 4.31 Å². The second-order valence-corrected chi connectivity index (χ2v) is 16.2. The summed E-state index contributed by atoms with van der Waals surface area (Å²) in [5.74, 6) is -0.563. The number of allylic oxidation sites excluding steroid dienone is 4. The minimum atomic E-state index is -3.86. The lowest BCUT2D eigenvalue weighted by atomic mass is 9.86. The molecule has 1 aliphatic carbocycles. The number of nitrogens with zero attached hydrogens (tertiary/aromatic N) is 3. The van der Waals surface area contributed by atoms with Crippen LogP contribution in [0.2, 0.25) is 5.02 Å². The van der Waals surface area contributed by atoms with Crippen molar-refractivity contribution >= 4 is 33.6 Å². The summed E-state index contributed by atoms with van der Waals surface area (Å²) in [6.07, 6.45) is 13.2. The Morgan fingerprint density at radius 1 is 1.02 bits per heavy atom. The fourth-order valence-corrected chi connectivity index (χ4v) is 10.8. The third-order valence-electron chi connectivity index (χ3n) is 9.88. The van der Waals surface area contributed by atoms with Gasteiger partial charge in [-0.25, -0.2) is 17.2 Å². The monoisotopic (exact) mass is 653 g/mol. The molecule has 1 saturated carbocycles. The van der Waals surface area contributed by atoms with Gasteiger partial charge in [0.1, 0.15) is 11.7 Å². The van der Waals surface area contributed by atoms with Gasteiger partial charge in [-0.1, -0.05) is 48.2 Å². The van der Waals surface area contributed by atoms with Gasteiger partial charge in [0.15, 0.2) is 0 Å². The highest BCUT2D eigenvalue weighted by molar-refractivity contribution is 7.97. The fraction of sp³-hybridized carbons (Fsp3) is 0.636. The van der Waals surface area contributed by atoms with Gasteiger partial charge in [0.2, 0.25) is 10.0 Å². The summed E-state index contributed by atoms with van der Waals surface area (Å²) >= 11 is 8.02. The molecule has 43 heavy (non-hydrogen) atoms. The van der Waals surface area contributed by atoms with Crippen molar-refractivity contribution in [2.45, 2.75) is 101 Å². The lowest BCUT2D eigenvalue weighted by Gasteiger charge is -2.46. The van der Waals surface area contributed by atoms with Crippen LogP contribution in [0.15, 0.2) is 65.1 Å². The standard InChI is InChI=1S/C33H46ClF2N3O2S2/c1-25(9-12-28(36)23-26(2)35)31-7-6-8-32(39(31)43(40,41)30-13-10-27(34)11-14-30)33(17-18-33)24-42-38-21-15-29(16-22-38)37-19-4-3-5-20-37/h9-11,13-14,23,29,31-32H,2-8,12,15-22,24H2,1H3/b25-9+,28-23+/t31-,32+/m0/s1. The van der Waals surface area contributed by atoms with Crippen LogP contribution in [0.4, 0.5) is 8.78 Å². The van der Waals surface area contributed by atoms with Crippen molar-refractivity contribution in [3.63, 3.8) is 0 Å². The largest absolute Gasteiger partial charge is 0.300 e. The van der Waals surface area contributed by atoms with Crippen molar-refractivity contribution in [3.05, 3.63) is 65.2 Å². The van der Waals surface area contributed by atoms with Crippen LogP contribution >= 0.6 is 23.5 Å². The first-order chi connectivity index (χ1) is 20.6. The van der Waals surface area contributed by atoms with E-state index in [1.54, 1.807) is 34.6 Å². The van der Waals surface area contributed by atoms with Crippen molar-refractivity contribution in [2.24, 2.45) is 5.41 Å². The Kier molecular flexibility index (Phi) is 11.1. The van der Waals surface area contributed by atoms with E-state index in [0.717, 1.165) is 56.2 Å². The SMILES string of the molecule is C=C(F)/C=C(/F)C/C=C(\C)[C@@H]1CCC[C@H](C2(CSN3CCC(N4CCCCC4)CC3)CC2)N1S(=O)(=O)c1ccc(Cl)cc1. The molecule has 0 amide bonds. The Morgan fingerprint density at radius 3 is 2.33 bits per heavy atom. The molecule has 3 aliphatic heterocycles. The molecular formula is C33H46ClF2N3O2S2. The number of hydrogen-bond acceptors (Lipinski definition) is 5. The van der Waals surface area contributed by atoms with Gasteiger partial charge in [0.05, 0.1) is 4.90 Å². The first-order valence-electron chi connectivity index (χ1n) is 15.9. The van der Waals surface area contributed by atoms with Gasteiger partial charge in [-0.3, -0.25) is 4.31 Å². The summed E-state index contributed by atoms with van der Waals surface area (Å²) in [6.45, 7) is 9.61. The van der Waals surface area contributed by atoms with Crippen molar-refractivity contribution in [1.29, 1.82) is 0 Å². The molecule has 10 heteroatoms. The molecule has 0 radical (unpaired) electrons. The molecule has 5 rings (SSSR count). The third kappa shape index (κ3) is 8.14. The van der Waals surface area contributed by atoms with E-state index in [1.807, 2.05) is 18.9 Å². The molecule has 238 valence electrons. The topological polar surface area (TPSA) is 43.9 Å². The zero-order valence-electron chi connectivity index (χ0n) is 25.3. The smallest absolute Gasteiger partial charge is 0.243 e. The molecule has 3 heterocycles. The second kappa shape index (κ2) is 14.5. The van der Waals surface area contributed by atoms with Crippen LogP contribution in [-0.4, -0.2) is 72.0 Å². The molecule has 0 aromatic heterocycles. The highest BCUT2D eigenvalue weighted by Gasteiger charge is 2.56. The highest BCUT2D eigenvalue weighted by Crippen LogP contribution is 2.57. The molecule has 0 unspecified atom stereocenters. The number of benzene rings is 1. The zero-order chi connectivity index (χ0) is 30.6. The van der Waals surface area contributed by atoms with Gasteiger partial charge in [0.25, 0.3) is 0 Å². The van der Waals surface area contributed by atoms with E-state index in [9.17, 15) is 17.2 Å². The van der Waals surface area contributed by atoms with E-state index in [0.29, 0.717) is 17.5 Å². The van der Waals surface area contributed by atoms with Crippen molar-refractivity contribution in [1.82, 2.24) is 13.5 Å². The first-order valence-corrected chi connectivity index (χ1v) is 18.6. The van der Waals surface area contributed by atoms with Crippen molar-refractivity contribution in [3.8, 4) is 0 Å². The van der Waals surface area contributed by atoms with Crippen molar-refractivity contribution < 1.29 is 17.2 Å². The number of halogens is 3. The van der Waals surface area contributed by atoms with Crippen LogP contribution in [0.25, 0.3) is 0 Å². The number of likely N-dealkylation sites (tertiary alicyclic amines) is 1. The van der Waals surface area contributed by atoms with E-state index < -0.39 is 21.7 Å². The minimum absolute atomic E-state index is 0.0794. The van der Waals surface area contributed by atoms with Crippen LogP contribution in [0.1, 0.15) is 77.6 Å². The Hall–Kier alpha value is -1.23. The minimum Gasteiger partial charge on any atom is -0.300 e. The van der Waals surface area contributed by atoms with Crippen LogP contribution in [0.3, 0.4) is 0 Å². The Labute approximate surface area is 266 Å². The average molecular weight is 654 g/mol. The molecule has 1 aromatic carbocycles. The molecule has 4 aliphatic rings. The summed E-state index contributed by atoms with van der Waals surface area (Å²) in [7, 11) is -3.86. The molecule has 4 fully saturated rings. The summed E-state index contributed by atoms with van der Waals surface area (Å²) < 4.78 is 60.4. The van der Waals surface area contributed by atoms with E-state index in [-0.39, 0.29) is 28.8 Å². The molecule has 0 N–H and O–H groups in total. The lowest BCUT2D eigenvalue weighted by molar-refractivity contribution is 0.119. The van der Waals surface area contributed by atoms with E-state index in [1.165, 1.54) is 45.2 Å². The quantitative estimate of drug-likeness (QED) is 0.137. The maximum Gasteiger partial charge on any atom is 0.243 e. The van der Waals surface area contributed by atoms with E-state index in [4.69, 9.17) is 11.6 Å². The molecular weight excluding hydrogens is 608 g/mol. The van der Waals surface area contributed by atoms with Crippen LogP contribution in [-0.2, 0) is 10.0 Å². The second-order valence-electron chi connectivity index (χ2n) is 12.8. The van der Waals surface area contributed by atoms with Gasteiger partial charge in [-0.15, -0.1) is 0 Å². The molecule has 1 aromatic rings. The van der Waals surface area contributed by atoms with E-state index in [2.05, 4.69) is 15.8 Å². The summed E-state index contributed by atoms with van der Waals surface area (Å²) in [6, 6.07) is 6.56. The fourth-order valence-electron chi connectivity index (χ4n) is 7.24. The Morgan fingerprint density at radius 2 is 1.70 bits per heavy atom. The molecule has 0 spiro atoms. The molecule has 3 saturated heterocycles. The predicted molar refractivity (Wildman–Crippen MR) is 174 cm³/mol. The summed E-state index contributed by atoms with van der Waals surface area (Å²) in [5.41, 5.74) is 0.711. The molecule has 2 atom stereocenters. The highest BCUT2D eigenvalue weighted by atomic mass is 35.5. The Balaban J connectivity index is 1.33. The number of hydrogen-bond donors (Lipinski definition) is 0. The third-order valence-corrected chi connectivity index (χ3v) is 13.5. The maximum atomic E-state index is 14.4. The summed E-state index contributed by atoms with van der Waals surface area (Å²) in [4.78, 5) is 2.92. The van der Waals surface area contributed by atoms with E-state index >= 15 is 0 Å². The Bertz CT molecular complexity index is 1290. The maximum absolute atomic E-state index is 14.4. The van der Waals surface area contributed by atoms with Crippen LogP contribution < -0.4 is 0 Å². The van der Waals surface area contributed by atoms with Crippen LogP contribution in [0.5, 0.6) is 0 Å². The van der Waals surface area contributed by atoms with Gasteiger partial charge in [0, 0.05) is 54.5 Å². The lowest BCUT2D eigenvalue weighted by Crippen LogP contribution is -2.54. The van der Waals surface area contributed by atoms with Crippen molar-refractivity contribution in [2.75, 3.05) is 31.9 Å². The number of rotatable bonds is 11. The normalized spacial score (nSPS) is 26.9. The van der Waals surface area contributed by atoms with Gasteiger partial charge >= 0.3 is 0 Å². The van der Waals surface area contributed by atoms with Gasteiger partial charge in [-0.05, 0) is 107 Å². The first kappa shape index (κ1) is 33.1. The number of sulfonamides is 1. The zero-order valence-corrected chi connectivity index (χ0v) is 27.7. The number of piperidine rings is 3. The molecule has 0 bridgehead atoms. The van der Waals surface area contributed by atoms with Gasteiger partial charge < -0.3 is 4.90 Å². The summed E-state index contributed by atoms with van der Waals surface area (Å²) in [5, 5.41) is 0.484. The van der Waals surface area contributed by atoms with Crippen LogP contribution in [0, 0.1) is 5.41 Å².